The minimum absolute atomic E-state index is 0.000114. The average Bonchev–Trinajstić information content (AvgIpc) is 3.35. The van der Waals surface area contributed by atoms with Gasteiger partial charge in [0.2, 0.25) is 5.75 Å². The van der Waals surface area contributed by atoms with Crippen molar-refractivity contribution in [1.82, 2.24) is 4.90 Å². The molecule has 0 radical (unpaired) electrons. The summed E-state index contributed by atoms with van der Waals surface area (Å²) in [5.74, 6) is -5.91. The second-order valence-electron chi connectivity index (χ2n) is 7.90. The Balaban J connectivity index is 1.69. The fourth-order valence-corrected chi connectivity index (χ4v) is 4.01. The van der Waals surface area contributed by atoms with Crippen LogP contribution in [0.2, 0.25) is 0 Å². The van der Waals surface area contributed by atoms with Crippen molar-refractivity contribution in [2.45, 2.75) is 37.6 Å². The van der Waals surface area contributed by atoms with Gasteiger partial charge in [0.15, 0.2) is 11.5 Å². The highest BCUT2D eigenvalue weighted by Crippen LogP contribution is 2.43. The van der Waals surface area contributed by atoms with Crippen LogP contribution in [0.4, 0.5) is 8.78 Å². The summed E-state index contributed by atoms with van der Waals surface area (Å²) in [4.78, 5) is 26.4. The van der Waals surface area contributed by atoms with Crippen molar-refractivity contribution in [3.63, 3.8) is 0 Å². The van der Waals surface area contributed by atoms with Crippen LogP contribution >= 0.6 is 0 Å². The number of hydrogen-bond donors (Lipinski definition) is 0. The van der Waals surface area contributed by atoms with Gasteiger partial charge in [-0.2, -0.15) is 8.78 Å². The van der Waals surface area contributed by atoms with Gasteiger partial charge < -0.3 is 23.8 Å². The summed E-state index contributed by atoms with van der Waals surface area (Å²) in [6, 6.07) is 10.8. The number of halogens is 2. The zero-order chi connectivity index (χ0) is 24.7. The van der Waals surface area contributed by atoms with Crippen molar-refractivity contribution in [1.29, 1.82) is 0 Å². The van der Waals surface area contributed by atoms with E-state index < -0.39 is 29.4 Å². The van der Waals surface area contributed by atoms with Crippen molar-refractivity contribution in [3.05, 3.63) is 53.6 Å². The van der Waals surface area contributed by atoms with Crippen LogP contribution in [0.15, 0.2) is 42.5 Å². The number of ether oxygens (including phenoxy) is 4. The van der Waals surface area contributed by atoms with Crippen LogP contribution in [0, 0.1) is 0 Å². The van der Waals surface area contributed by atoms with Gasteiger partial charge in [-0.3, -0.25) is 4.79 Å². The number of carbonyl (C=O) groups excluding carboxylic acids is 2. The van der Waals surface area contributed by atoms with Crippen LogP contribution < -0.4 is 14.2 Å². The van der Waals surface area contributed by atoms with Gasteiger partial charge in [0.05, 0.1) is 27.9 Å². The predicted molar refractivity (Wildman–Crippen MR) is 120 cm³/mol. The molecule has 1 saturated heterocycles. The standard InChI is InChI=1S/C25H29F2NO6/c1-31-20-15-18(16-21(32-2)22(20)33-3)25(26,27)24(30)28-13-7-12-19(28)23(29)34-14-8-11-17-9-5-4-6-10-17/h4-6,9-10,15-16,19H,7-8,11-14H2,1-3H3. The largest absolute Gasteiger partial charge is 0.493 e. The molecule has 0 bridgehead atoms. The molecular weight excluding hydrogens is 448 g/mol. The molecule has 34 heavy (non-hydrogen) atoms. The number of amides is 1. The summed E-state index contributed by atoms with van der Waals surface area (Å²) in [5, 5.41) is 0. The van der Waals surface area contributed by atoms with Crippen molar-refractivity contribution in [2.75, 3.05) is 34.5 Å². The number of alkyl halides is 2. The third-order valence-electron chi connectivity index (χ3n) is 5.78. The van der Waals surface area contributed by atoms with Gasteiger partial charge in [0, 0.05) is 12.1 Å². The number of methoxy groups -OCH3 is 3. The van der Waals surface area contributed by atoms with Crippen molar-refractivity contribution in [2.24, 2.45) is 0 Å². The summed E-state index contributed by atoms with van der Waals surface area (Å²) < 4.78 is 51.3. The summed E-state index contributed by atoms with van der Waals surface area (Å²) in [5.41, 5.74) is 0.495. The molecule has 1 fully saturated rings. The highest BCUT2D eigenvalue weighted by Gasteiger charge is 2.49. The van der Waals surface area contributed by atoms with Gasteiger partial charge in [-0.15, -0.1) is 0 Å². The van der Waals surface area contributed by atoms with E-state index in [2.05, 4.69) is 0 Å². The molecule has 1 atom stereocenters. The number of rotatable bonds is 10. The van der Waals surface area contributed by atoms with Gasteiger partial charge in [-0.05, 0) is 43.4 Å². The molecule has 1 aliphatic rings. The van der Waals surface area contributed by atoms with Crippen molar-refractivity contribution in [3.8, 4) is 17.2 Å². The van der Waals surface area contributed by atoms with E-state index in [9.17, 15) is 9.59 Å². The number of nitrogens with zero attached hydrogens (tertiary/aromatic N) is 1. The lowest BCUT2D eigenvalue weighted by Gasteiger charge is -2.28. The first-order valence-electron chi connectivity index (χ1n) is 11.0. The molecule has 0 aromatic heterocycles. The lowest BCUT2D eigenvalue weighted by atomic mass is 10.0. The zero-order valence-electron chi connectivity index (χ0n) is 19.5. The quantitative estimate of drug-likeness (QED) is 0.381. The second-order valence-corrected chi connectivity index (χ2v) is 7.90. The minimum Gasteiger partial charge on any atom is -0.493 e. The normalized spacial score (nSPS) is 15.7. The maximum atomic E-state index is 15.3. The van der Waals surface area contributed by atoms with E-state index in [1.165, 1.54) is 21.3 Å². The molecule has 0 N–H and O–H groups in total. The molecule has 1 unspecified atom stereocenters. The van der Waals surface area contributed by atoms with Crippen LogP contribution in [0.25, 0.3) is 0 Å². The van der Waals surface area contributed by atoms with Crippen molar-refractivity contribution < 1.29 is 37.3 Å². The van der Waals surface area contributed by atoms with E-state index in [0.717, 1.165) is 29.0 Å². The number of carbonyl (C=O) groups is 2. The Morgan fingerprint density at radius 2 is 1.68 bits per heavy atom. The van der Waals surface area contributed by atoms with Crippen LogP contribution in [-0.2, 0) is 26.7 Å². The maximum Gasteiger partial charge on any atom is 0.350 e. The third kappa shape index (κ3) is 5.40. The summed E-state index contributed by atoms with van der Waals surface area (Å²) in [6.45, 7) is 0.193. The molecule has 3 rings (SSSR count). The number of hydrogen-bond acceptors (Lipinski definition) is 6. The highest BCUT2D eigenvalue weighted by atomic mass is 19.3. The first-order valence-corrected chi connectivity index (χ1v) is 11.0. The monoisotopic (exact) mass is 477 g/mol. The Morgan fingerprint density at radius 1 is 1.03 bits per heavy atom. The SMILES string of the molecule is COc1cc(C(F)(F)C(=O)N2CCCC2C(=O)OCCCc2ccccc2)cc(OC)c1OC. The smallest absolute Gasteiger partial charge is 0.350 e. The van der Waals surface area contributed by atoms with E-state index in [4.69, 9.17) is 18.9 Å². The average molecular weight is 478 g/mol. The molecule has 184 valence electrons. The molecule has 2 aromatic rings. The molecule has 1 amide bonds. The summed E-state index contributed by atoms with van der Waals surface area (Å²) in [6.07, 6.45) is 2.02. The number of esters is 1. The van der Waals surface area contributed by atoms with E-state index >= 15 is 8.78 Å². The number of likely N-dealkylation sites (tertiary alicyclic amines) is 1. The molecule has 0 saturated carbocycles. The van der Waals surface area contributed by atoms with E-state index in [1.807, 2.05) is 30.3 Å². The Kier molecular flexibility index (Phi) is 8.31. The van der Waals surface area contributed by atoms with Gasteiger partial charge in [0.1, 0.15) is 6.04 Å². The van der Waals surface area contributed by atoms with E-state index in [0.29, 0.717) is 12.8 Å². The van der Waals surface area contributed by atoms with Gasteiger partial charge in [-0.25, -0.2) is 4.79 Å². The van der Waals surface area contributed by atoms with Crippen LogP contribution in [0.5, 0.6) is 17.2 Å². The third-order valence-corrected chi connectivity index (χ3v) is 5.78. The molecular formula is C25H29F2NO6. The Labute approximate surface area is 197 Å². The number of aryl methyl sites for hydroxylation is 1. The van der Waals surface area contributed by atoms with Crippen LogP contribution in [0.3, 0.4) is 0 Å². The Bertz CT molecular complexity index is 973. The highest BCUT2D eigenvalue weighted by molar-refractivity contribution is 5.90. The van der Waals surface area contributed by atoms with Gasteiger partial charge in [0.25, 0.3) is 5.91 Å². The molecule has 7 nitrogen and oxygen atoms in total. The first-order chi connectivity index (χ1) is 16.3. The molecule has 9 heteroatoms. The molecule has 0 aliphatic carbocycles. The van der Waals surface area contributed by atoms with Crippen LogP contribution in [-0.4, -0.2) is 57.3 Å². The zero-order valence-corrected chi connectivity index (χ0v) is 19.5. The van der Waals surface area contributed by atoms with E-state index in [1.54, 1.807) is 0 Å². The fourth-order valence-electron chi connectivity index (χ4n) is 4.01. The van der Waals surface area contributed by atoms with Gasteiger partial charge >= 0.3 is 11.9 Å². The maximum absolute atomic E-state index is 15.3. The molecule has 0 spiro atoms. The molecule has 1 aliphatic heterocycles. The Hall–Kier alpha value is -3.36. The van der Waals surface area contributed by atoms with Gasteiger partial charge in [-0.1, -0.05) is 30.3 Å². The van der Waals surface area contributed by atoms with E-state index in [-0.39, 0.29) is 36.8 Å². The minimum atomic E-state index is -3.91. The number of benzene rings is 2. The second kappa shape index (κ2) is 11.2. The molecule has 1 heterocycles. The van der Waals surface area contributed by atoms with Crippen LogP contribution in [0.1, 0.15) is 30.4 Å². The molecule has 2 aromatic carbocycles. The summed E-state index contributed by atoms with van der Waals surface area (Å²) >= 11 is 0. The van der Waals surface area contributed by atoms with Crippen molar-refractivity contribution >= 4 is 11.9 Å². The lowest BCUT2D eigenvalue weighted by molar-refractivity contribution is -0.166. The Morgan fingerprint density at radius 3 is 2.26 bits per heavy atom. The first kappa shape index (κ1) is 25.3. The summed E-state index contributed by atoms with van der Waals surface area (Å²) in [7, 11) is 3.94. The topological polar surface area (TPSA) is 74.3 Å². The lowest BCUT2D eigenvalue weighted by Crippen LogP contribution is -2.47. The predicted octanol–water partition coefficient (Wildman–Crippen LogP) is 3.97. The fraction of sp³-hybridized carbons (Fsp3) is 0.440.